The highest BCUT2D eigenvalue weighted by Gasteiger charge is 2.34. The Morgan fingerprint density at radius 2 is 2.20 bits per heavy atom. The maximum Gasteiger partial charge on any atom is 0.0226 e. The third-order valence-corrected chi connectivity index (χ3v) is 2.31. The van der Waals surface area contributed by atoms with Crippen LogP contribution in [0.2, 0.25) is 0 Å². The van der Waals surface area contributed by atoms with Crippen molar-refractivity contribution in [2.24, 2.45) is 0 Å². The highest BCUT2D eigenvalue weighted by atomic mass is 15.3. The second-order valence-corrected chi connectivity index (χ2v) is 3.59. The summed E-state index contributed by atoms with van der Waals surface area (Å²) in [6.07, 6.45) is 4.19. The average Bonchev–Trinajstić information content (AvgIpc) is 2.62. The first kappa shape index (κ1) is 8.06. The third kappa shape index (κ3) is 1.98. The zero-order valence-electron chi connectivity index (χ0n) is 7.43. The molecule has 0 aromatic rings. The smallest absolute Gasteiger partial charge is 0.0226 e. The van der Waals surface area contributed by atoms with E-state index in [1.807, 2.05) is 0 Å². The molecule has 0 aliphatic carbocycles. The van der Waals surface area contributed by atoms with Crippen molar-refractivity contribution < 1.29 is 0 Å². The van der Waals surface area contributed by atoms with Crippen LogP contribution in [0.25, 0.3) is 0 Å². The van der Waals surface area contributed by atoms with Crippen molar-refractivity contribution in [3.05, 3.63) is 0 Å². The number of hydrogen-bond acceptors (Lipinski definition) is 1. The van der Waals surface area contributed by atoms with Gasteiger partial charge in [0.2, 0.25) is 0 Å². The summed E-state index contributed by atoms with van der Waals surface area (Å²) in [6, 6.07) is 1.72. The molecule has 1 heterocycles. The van der Waals surface area contributed by atoms with Gasteiger partial charge in [0.15, 0.2) is 0 Å². The minimum Gasteiger partial charge on any atom is -0.295 e. The van der Waals surface area contributed by atoms with E-state index in [2.05, 4.69) is 25.7 Å². The van der Waals surface area contributed by atoms with Gasteiger partial charge in [-0.3, -0.25) is 4.90 Å². The molecule has 1 saturated heterocycles. The summed E-state index contributed by atoms with van der Waals surface area (Å²) in [5.41, 5.74) is 0. The van der Waals surface area contributed by atoms with E-state index in [9.17, 15) is 0 Å². The van der Waals surface area contributed by atoms with E-state index in [-0.39, 0.29) is 0 Å². The minimum absolute atomic E-state index is 0.779. The van der Waals surface area contributed by atoms with Gasteiger partial charge in [0.25, 0.3) is 0 Å². The van der Waals surface area contributed by atoms with Crippen molar-refractivity contribution in [2.75, 3.05) is 6.54 Å². The van der Waals surface area contributed by atoms with Crippen molar-refractivity contribution in [2.45, 2.75) is 52.1 Å². The Morgan fingerprint density at radius 3 is 2.60 bits per heavy atom. The van der Waals surface area contributed by atoms with E-state index < -0.39 is 0 Å². The van der Waals surface area contributed by atoms with Crippen LogP contribution >= 0.6 is 0 Å². The van der Waals surface area contributed by atoms with Gasteiger partial charge in [-0.25, -0.2) is 0 Å². The van der Waals surface area contributed by atoms with Gasteiger partial charge in [-0.1, -0.05) is 19.8 Å². The minimum atomic E-state index is 0.779. The number of unbranched alkanes of at least 4 members (excludes halogenated alkanes) is 1. The van der Waals surface area contributed by atoms with E-state index in [1.54, 1.807) is 0 Å². The Hall–Kier alpha value is -0.0400. The number of nitrogens with zero attached hydrogens (tertiary/aromatic N) is 1. The second-order valence-electron chi connectivity index (χ2n) is 3.59. The van der Waals surface area contributed by atoms with Crippen LogP contribution in [0.15, 0.2) is 0 Å². The van der Waals surface area contributed by atoms with Crippen LogP contribution in [0.4, 0.5) is 0 Å². The Bertz CT molecular complexity index is 98.9. The molecule has 0 radical (unpaired) electrons. The summed E-state index contributed by atoms with van der Waals surface area (Å²) in [4.78, 5) is 2.57. The standard InChI is InChI=1S/C9H19N/c1-4-5-6-9-7-10(9)8(2)3/h8-9H,4-7H2,1-3H3. The van der Waals surface area contributed by atoms with Crippen LogP contribution in [0.1, 0.15) is 40.0 Å². The molecule has 0 spiro atoms. The molecular weight excluding hydrogens is 122 g/mol. The largest absolute Gasteiger partial charge is 0.295 e. The van der Waals surface area contributed by atoms with Gasteiger partial charge in [-0.15, -0.1) is 0 Å². The molecule has 2 atom stereocenters. The van der Waals surface area contributed by atoms with Gasteiger partial charge in [-0.2, -0.15) is 0 Å². The van der Waals surface area contributed by atoms with Crippen LogP contribution < -0.4 is 0 Å². The second kappa shape index (κ2) is 3.38. The average molecular weight is 141 g/mol. The quantitative estimate of drug-likeness (QED) is 0.543. The van der Waals surface area contributed by atoms with Gasteiger partial charge >= 0.3 is 0 Å². The van der Waals surface area contributed by atoms with E-state index in [0.717, 1.165) is 12.1 Å². The highest BCUT2D eigenvalue weighted by molar-refractivity contribution is 4.90. The van der Waals surface area contributed by atoms with Crippen LogP contribution in [0, 0.1) is 0 Å². The molecule has 1 aliphatic heterocycles. The molecule has 2 unspecified atom stereocenters. The lowest BCUT2D eigenvalue weighted by molar-refractivity contribution is 0.408. The first-order valence-electron chi connectivity index (χ1n) is 4.51. The molecular formula is C9H19N. The summed E-state index contributed by atoms with van der Waals surface area (Å²) in [6.45, 7) is 8.19. The van der Waals surface area contributed by atoms with Gasteiger partial charge in [-0.05, 0) is 20.3 Å². The molecule has 10 heavy (non-hydrogen) atoms. The van der Waals surface area contributed by atoms with Crippen molar-refractivity contribution in [1.82, 2.24) is 4.90 Å². The zero-order chi connectivity index (χ0) is 7.56. The Labute approximate surface area is 64.4 Å². The number of hydrogen-bond donors (Lipinski definition) is 0. The molecule has 0 bridgehead atoms. The summed E-state index contributed by atoms with van der Waals surface area (Å²) in [5.74, 6) is 0. The molecule has 0 amide bonds. The van der Waals surface area contributed by atoms with E-state index in [4.69, 9.17) is 0 Å². The fourth-order valence-electron chi connectivity index (χ4n) is 1.53. The predicted octanol–water partition coefficient (Wildman–Crippen LogP) is 2.27. The SMILES string of the molecule is CCCCC1CN1C(C)C. The lowest BCUT2D eigenvalue weighted by Crippen LogP contribution is -2.11. The molecule has 0 N–H and O–H groups in total. The van der Waals surface area contributed by atoms with Crippen molar-refractivity contribution in [3.63, 3.8) is 0 Å². The van der Waals surface area contributed by atoms with E-state index in [0.29, 0.717) is 0 Å². The lowest BCUT2D eigenvalue weighted by Gasteiger charge is -2.05. The third-order valence-electron chi connectivity index (χ3n) is 2.31. The molecule has 1 heteroatoms. The van der Waals surface area contributed by atoms with Crippen molar-refractivity contribution in [3.8, 4) is 0 Å². The topological polar surface area (TPSA) is 3.01 Å². The van der Waals surface area contributed by atoms with Crippen LogP contribution in [0.3, 0.4) is 0 Å². The van der Waals surface area contributed by atoms with Gasteiger partial charge in [0.1, 0.15) is 0 Å². The Morgan fingerprint density at radius 1 is 1.50 bits per heavy atom. The Kier molecular flexibility index (Phi) is 2.72. The summed E-state index contributed by atoms with van der Waals surface area (Å²) in [7, 11) is 0. The predicted molar refractivity (Wildman–Crippen MR) is 45.2 cm³/mol. The summed E-state index contributed by atoms with van der Waals surface area (Å²) < 4.78 is 0. The zero-order valence-corrected chi connectivity index (χ0v) is 7.43. The first-order valence-corrected chi connectivity index (χ1v) is 4.51. The van der Waals surface area contributed by atoms with Crippen LogP contribution in [-0.2, 0) is 0 Å². The van der Waals surface area contributed by atoms with Crippen LogP contribution in [0.5, 0.6) is 0 Å². The van der Waals surface area contributed by atoms with Gasteiger partial charge in [0.05, 0.1) is 0 Å². The van der Waals surface area contributed by atoms with Gasteiger partial charge < -0.3 is 0 Å². The molecule has 1 nitrogen and oxygen atoms in total. The normalized spacial score (nSPS) is 31.2. The van der Waals surface area contributed by atoms with Crippen LogP contribution in [-0.4, -0.2) is 23.5 Å². The molecule has 0 aromatic carbocycles. The number of rotatable bonds is 4. The van der Waals surface area contributed by atoms with E-state index in [1.165, 1.54) is 25.8 Å². The maximum absolute atomic E-state index is 2.57. The van der Waals surface area contributed by atoms with Crippen molar-refractivity contribution >= 4 is 0 Å². The molecule has 0 saturated carbocycles. The van der Waals surface area contributed by atoms with Crippen molar-refractivity contribution in [1.29, 1.82) is 0 Å². The molecule has 1 rings (SSSR count). The monoisotopic (exact) mass is 141 g/mol. The van der Waals surface area contributed by atoms with E-state index >= 15 is 0 Å². The molecule has 0 aromatic heterocycles. The molecule has 60 valence electrons. The molecule has 1 fully saturated rings. The fourth-order valence-corrected chi connectivity index (χ4v) is 1.53. The summed E-state index contributed by atoms with van der Waals surface area (Å²) >= 11 is 0. The molecule has 1 aliphatic rings. The first-order chi connectivity index (χ1) is 4.75. The maximum atomic E-state index is 2.57. The Balaban J connectivity index is 2.02. The highest BCUT2D eigenvalue weighted by Crippen LogP contribution is 2.25. The summed E-state index contributed by atoms with van der Waals surface area (Å²) in [5, 5.41) is 0. The van der Waals surface area contributed by atoms with Gasteiger partial charge in [0, 0.05) is 18.6 Å². The lowest BCUT2D eigenvalue weighted by atomic mass is 10.2. The fraction of sp³-hybridized carbons (Fsp3) is 1.00.